The molecule has 1 heterocycles. The Balaban J connectivity index is 1.94. The van der Waals surface area contributed by atoms with Crippen LogP contribution in [0, 0.1) is 12.7 Å². The van der Waals surface area contributed by atoms with E-state index >= 15 is 0 Å². The highest BCUT2D eigenvalue weighted by Crippen LogP contribution is 2.16. The average Bonchev–Trinajstić information content (AvgIpc) is 2.57. The number of rotatable bonds is 6. The van der Waals surface area contributed by atoms with E-state index in [4.69, 9.17) is 0 Å². The first kappa shape index (κ1) is 18.3. The zero-order chi connectivity index (χ0) is 17.4. The van der Waals surface area contributed by atoms with Crippen LogP contribution in [0.15, 0.2) is 41.4 Å². The number of aromatic nitrogens is 1. The molecule has 4 nitrogen and oxygen atoms in total. The largest absolute Gasteiger partial charge is 0.352 e. The molecule has 0 fully saturated rings. The summed E-state index contributed by atoms with van der Waals surface area (Å²) in [6.45, 7) is 3.16. The minimum atomic E-state index is -0.198. The van der Waals surface area contributed by atoms with Crippen molar-refractivity contribution in [3.63, 3.8) is 0 Å². The first-order chi connectivity index (χ1) is 11.6. The molecular formula is C18H23FN4S. The van der Waals surface area contributed by atoms with E-state index in [1.807, 2.05) is 37.4 Å². The van der Waals surface area contributed by atoms with Crippen LogP contribution >= 0.6 is 11.8 Å². The van der Waals surface area contributed by atoms with Crippen molar-refractivity contribution in [1.82, 2.24) is 15.6 Å². The Kier molecular flexibility index (Phi) is 7.06. The van der Waals surface area contributed by atoms with Crippen LogP contribution in [0.1, 0.15) is 22.5 Å². The first-order valence-electron chi connectivity index (χ1n) is 7.75. The summed E-state index contributed by atoms with van der Waals surface area (Å²) in [5.74, 6) is 1.28. The number of pyridine rings is 1. The topological polar surface area (TPSA) is 49.3 Å². The molecule has 24 heavy (non-hydrogen) atoms. The smallest absolute Gasteiger partial charge is 0.191 e. The van der Waals surface area contributed by atoms with E-state index in [1.54, 1.807) is 24.9 Å². The predicted octanol–water partition coefficient (Wildman–Crippen LogP) is 3.26. The molecule has 2 rings (SSSR count). The van der Waals surface area contributed by atoms with Crippen molar-refractivity contribution in [1.29, 1.82) is 0 Å². The predicted molar refractivity (Wildman–Crippen MR) is 99.6 cm³/mol. The molecule has 0 unspecified atom stereocenters. The molecule has 0 aliphatic carbocycles. The number of hydrogen-bond donors (Lipinski definition) is 2. The molecule has 0 radical (unpaired) electrons. The number of nitrogens with zero attached hydrogens (tertiary/aromatic N) is 2. The summed E-state index contributed by atoms with van der Waals surface area (Å²) in [7, 11) is 1.73. The Morgan fingerprint density at radius 1 is 1.17 bits per heavy atom. The van der Waals surface area contributed by atoms with Crippen LogP contribution in [0.5, 0.6) is 0 Å². The summed E-state index contributed by atoms with van der Waals surface area (Å²) in [6, 6.07) is 10.8. The van der Waals surface area contributed by atoms with Crippen LogP contribution in [-0.4, -0.2) is 24.2 Å². The van der Waals surface area contributed by atoms with E-state index in [0.29, 0.717) is 19.0 Å². The van der Waals surface area contributed by atoms with Crippen molar-refractivity contribution in [2.24, 2.45) is 4.99 Å². The lowest BCUT2D eigenvalue weighted by molar-refractivity contribution is 0.625. The van der Waals surface area contributed by atoms with E-state index in [-0.39, 0.29) is 5.82 Å². The molecule has 0 aliphatic rings. The molecule has 128 valence electrons. The van der Waals surface area contributed by atoms with Gasteiger partial charge < -0.3 is 10.6 Å². The fraction of sp³-hybridized carbons (Fsp3) is 0.333. The van der Waals surface area contributed by atoms with E-state index in [0.717, 1.165) is 28.3 Å². The van der Waals surface area contributed by atoms with Crippen LogP contribution in [0.3, 0.4) is 0 Å². The van der Waals surface area contributed by atoms with Gasteiger partial charge in [0.2, 0.25) is 0 Å². The Morgan fingerprint density at radius 2 is 1.96 bits per heavy atom. The summed E-state index contributed by atoms with van der Waals surface area (Å²) in [5, 5.41) is 6.51. The van der Waals surface area contributed by atoms with Gasteiger partial charge >= 0.3 is 0 Å². The van der Waals surface area contributed by atoms with Gasteiger partial charge in [-0.15, -0.1) is 0 Å². The zero-order valence-electron chi connectivity index (χ0n) is 14.3. The number of guanidine groups is 1. The fourth-order valence-electron chi connectivity index (χ4n) is 2.33. The molecule has 0 spiro atoms. The lowest BCUT2D eigenvalue weighted by atomic mass is 10.1. The number of aryl methyl sites for hydroxylation is 1. The van der Waals surface area contributed by atoms with Gasteiger partial charge in [-0.05, 0) is 48.6 Å². The Morgan fingerprint density at radius 3 is 2.67 bits per heavy atom. The highest BCUT2D eigenvalue weighted by molar-refractivity contribution is 7.97. The number of benzene rings is 1. The maximum atomic E-state index is 13.4. The monoisotopic (exact) mass is 346 g/mol. The Hall–Kier alpha value is -2.08. The standard InChI is InChI=1S/C18H23FN4S/c1-13-5-4-6-17(23-13)11-22-18(20-2)21-10-14-7-8-16(19)9-15(14)12-24-3/h4-9H,10-12H2,1-3H3,(H2,20,21,22). The minimum absolute atomic E-state index is 0.198. The van der Waals surface area contributed by atoms with Gasteiger partial charge in [-0.3, -0.25) is 9.98 Å². The summed E-state index contributed by atoms with van der Waals surface area (Å²) < 4.78 is 13.4. The van der Waals surface area contributed by atoms with Crippen LogP contribution in [0.2, 0.25) is 0 Å². The van der Waals surface area contributed by atoms with Crippen LogP contribution < -0.4 is 10.6 Å². The summed E-state index contributed by atoms with van der Waals surface area (Å²) in [4.78, 5) is 8.68. The highest BCUT2D eigenvalue weighted by Gasteiger charge is 2.06. The molecular weight excluding hydrogens is 323 g/mol. The van der Waals surface area contributed by atoms with Crippen molar-refractivity contribution in [2.45, 2.75) is 25.8 Å². The van der Waals surface area contributed by atoms with Gasteiger partial charge in [0.05, 0.1) is 12.2 Å². The van der Waals surface area contributed by atoms with Crippen molar-refractivity contribution in [2.75, 3.05) is 13.3 Å². The van der Waals surface area contributed by atoms with E-state index in [1.165, 1.54) is 6.07 Å². The average molecular weight is 346 g/mol. The fourth-order valence-corrected chi connectivity index (χ4v) is 2.91. The van der Waals surface area contributed by atoms with Crippen LogP contribution in [0.25, 0.3) is 0 Å². The lowest BCUT2D eigenvalue weighted by Gasteiger charge is -2.14. The molecule has 0 atom stereocenters. The quantitative estimate of drug-likeness (QED) is 0.623. The van der Waals surface area contributed by atoms with Crippen LogP contribution in [-0.2, 0) is 18.8 Å². The normalized spacial score (nSPS) is 11.4. The Bertz CT molecular complexity index is 703. The maximum Gasteiger partial charge on any atom is 0.191 e. The van der Waals surface area contributed by atoms with Gasteiger partial charge in [-0.1, -0.05) is 12.1 Å². The molecule has 0 amide bonds. The maximum absolute atomic E-state index is 13.4. The summed E-state index contributed by atoms with van der Waals surface area (Å²) in [6.07, 6.45) is 2.01. The third-order valence-corrected chi connectivity index (χ3v) is 4.12. The number of hydrogen-bond acceptors (Lipinski definition) is 3. The molecule has 0 saturated heterocycles. The van der Waals surface area contributed by atoms with E-state index < -0.39 is 0 Å². The van der Waals surface area contributed by atoms with Crippen LogP contribution in [0.4, 0.5) is 4.39 Å². The van der Waals surface area contributed by atoms with Crippen molar-refractivity contribution >= 4 is 17.7 Å². The SMILES string of the molecule is CN=C(NCc1cccc(C)n1)NCc1ccc(F)cc1CSC. The first-order valence-corrected chi connectivity index (χ1v) is 9.15. The molecule has 2 N–H and O–H groups in total. The molecule has 0 bridgehead atoms. The number of halogens is 1. The van der Waals surface area contributed by atoms with Gasteiger partial charge in [0.15, 0.2) is 5.96 Å². The molecule has 0 aliphatic heterocycles. The van der Waals surface area contributed by atoms with E-state index in [9.17, 15) is 4.39 Å². The molecule has 6 heteroatoms. The van der Waals surface area contributed by atoms with E-state index in [2.05, 4.69) is 20.6 Å². The Labute approximate surface area is 147 Å². The highest BCUT2D eigenvalue weighted by atomic mass is 32.2. The molecule has 0 saturated carbocycles. The third-order valence-electron chi connectivity index (χ3n) is 3.52. The van der Waals surface area contributed by atoms with Crippen molar-refractivity contribution < 1.29 is 4.39 Å². The third kappa shape index (κ3) is 5.53. The second-order valence-corrected chi connectivity index (χ2v) is 6.26. The molecule has 1 aromatic carbocycles. The number of aliphatic imine (C=N–C) groups is 1. The molecule has 2 aromatic rings. The van der Waals surface area contributed by atoms with Gasteiger partial charge in [-0.2, -0.15) is 11.8 Å². The lowest BCUT2D eigenvalue weighted by Crippen LogP contribution is -2.36. The second-order valence-electron chi connectivity index (χ2n) is 5.40. The summed E-state index contributed by atoms with van der Waals surface area (Å²) in [5.41, 5.74) is 4.03. The van der Waals surface area contributed by atoms with Gasteiger partial charge in [0.25, 0.3) is 0 Å². The number of nitrogens with one attached hydrogen (secondary N) is 2. The van der Waals surface area contributed by atoms with Crippen molar-refractivity contribution in [3.8, 4) is 0 Å². The van der Waals surface area contributed by atoms with Gasteiger partial charge in [0.1, 0.15) is 5.82 Å². The summed E-state index contributed by atoms with van der Waals surface area (Å²) >= 11 is 1.68. The second kappa shape index (κ2) is 9.27. The van der Waals surface area contributed by atoms with Crippen molar-refractivity contribution in [3.05, 3.63) is 64.7 Å². The van der Waals surface area contributed by atoms with Gasteiger partial charge in [0, 0.05) is 25.0 Å². The number of thioether (sulfide) groups is 1. The zero-order valence-corrected chi connectivity index (χ0v) is 15.1. The van der Waals surface area contributed by atoms with Gasteiger partial charge in [-0.25, -0.2) is 4.39 Å². The molecule has 1 aromatic heterocycles. The minimum Gasteiger partial charge on any atom is -0.352 e.